The Hall–Kier alpha value is -4.16. The third kappa shape index (κ3) is 4.68. The van der Waals surface area contributed by atoms with Gasteiger partial charge in [0, 0.05) is 48.2 Å². The van der Waals surface area contributed by atoms with Crippen molar-refractivity contribution < 1.29 is 22.1 Å². The van der Waals surface area contributed by atoms with E-state index in [9.17, 15) is 0 Å². The molecule has 0 atom stereocenters. The quantitative estimate of drug-likeness (QED) is 0.316. The molecule has 5 aromatic rings. The van der Waals surface area contributed by atoms with Crippen molar-refractivity contribution in [3.8, 4) is 17.3 Å². The number of anilines is 2. The molecule has 5 heterocycles. The molecule has 0 spiro atoms. The molecule has 0 saturated carbocycles. The molecule has 2 N–H and O–H groups in total. The van der Waals surface area contributed by atoms with Crippen molar-refractivity contribution in [2.45, 2.75) is 6.50 Å². The lowest BCUT2D eigenvalue weighted by atomic mass is 10.2. The van der Waals surface area contributed by atoms with E-state index in [-0.39, 0.29) is 37.1 Å². The number of nitrogens with two attached hydrogens (primary N) is 1. The lowest BCUT2D eigenvalue weighted by Gasteiger charge is -2.36. The van der Waals surface area contributed by atoms with E-state index in [4.69, 9.17) is 27.8 Å². The molecule has 0 unspecified atom stereocenters. The molecule has 192 valence electrons. The topological polar surface area (TPSA) is 125 Å². The molecule has 12 heteroatoms. The van der Waals surface area contributed by atoms with Gasteiger partial charge in [-0.15, -0.1) is 5.10 Å². The molecular weight excluding hydrogens is 474 g/mol. The first kappa shape index (κ1) is 17.3. The van der Waals surface area contributed by atoms with Crippen LogP contribution in [0.2, 0.25) is 0 Å². The number of benzene rings is 1. The van der Waals surface area contributed by atoms with Crippen LogP contribution in [0.5, 0.6) is 5.75 Å². The predicted molar refractivity (Wildman–Crippen MR) is 139 cm³/mol. The van der Waals surface area contributed by atoms with Gasteiger partial charge in [-0.2, -0.15) is 14.6 Å². The van der Waals surface area contributed by atoms with Crippen molar-refractivity contribution in [2.24, 2.45) is 0 Å². The van der Waals surface area contributed by atoms with E-state index in [2.05, 4.69) is 25.1 Å². The molecule has 1 fully saturated rings. The lowest BCUT2D eigenvalue weighted by molar-refractivity contribution is 0.146. The summed E-state index contributed by atoms with van der Waals surface area (Å²) in [5, 5.41) is 8.89. The summed E-state index contributed by atoms with van der Waals surface area (Å²) in [7, 11) is 1.28. The molecule has 37 heavy (non-hydrogen) atoms. The van der Waals surface area contributed by atoms with Crippen molar-refractivity contribution in [2.75, 3.05) is 63.6 Å². The van der Waals surface area contributed by atoms with Gasteiger partial charge in [-0.1, -0.05) is 0 Å². The van der Waals surface area contributed by atoms with Crippen LogP contribution in [-0.4, -0.2) is 87.2 Å². The first-order chi connectivity index (χ1) is 20.4. The van der Waals surface area contributed by atoms with Gasteiger partial charge in [0.25, 0.3) is 0 Å². The molecule has 1 aliphatic heterocycles. The van der Waals surface area contributed by atoms with Crippen LogP contribution in [0.4, 0.5) is 11.6 Å². The van der Waals surface area contributed by atoms with E-state index < -0.39 is 19.6 Å². The Bertz CT molecular complexity index is 1730. The fourth-order valence-corrected chi connectivity index (χ4v) is 4.12. The third-order valence-electron chi connectivity index (χ3n) is 6.01. The van der Waals surface area contributed by atoms with Gasteiger partial charge >= 0.3 is 0 Å². The number of aryl methyl sites for hydroxylation is 1. The molecule has 0 radical (unpaired) electrons. The fourth-order valence-electron chi connectivity index (χ4n) is 4.12. The predicted octanol–water partition coefficient (Wildman–Crippen LogP) is 2.16. The summed E-state index contributed by atoms with van der Waals surface area (Å²) in [5.74, 6) is 1.12. The van der Waals surface area contributed by atoms with Gasteiger partial charge in [-0.3, -0.25) is 4.90 Å². The van der Waals surface area contributed by atoms with Crippen LogP contribution in [0.3, 0.4) is 0 Å². The van der Waals surface area contributed by atoms with E-state index in [1.54, 1.807) is 24.3 Å². The molecule has 4 aromatic heterocycles. The Morgan fingerprint density at radius 1 is 1.05 bits per heavy atom. The van der Waals surface area contributed by atoms with Gasteiger partial charge in [-0.05, 0) is 36.4 Å². The molecule has 0 amide bonds. The number of fused-ring (bicyclic) bond motifs is 3. The lowest BCUT2D eigenvalue weighted by Crippen LogP contribution is -2.47. The summed E-state index contributed by atoms with van der Waals surface area (Å²) in [6, 6.07) is 10.5. The summed E-state index contributed by atoms with van der Waals surface area (Å²) >= 11 is 0. The standard InChI is InChI=1S/C25H29N9O3/c1-35-15-16-36-19-6-4-18(5-7-19)32-11-8-31(9-12-32)10-13-33-23-20(17-27-33)24-28-22(21-3-2-14-37-21)30-34(24)25(26)29-23/h2-7,14,17H,8-13,15-16H2,1H3,(H2,26,29)/i10D2,13D2,15D2. The maximum atomic E-state index is 8.89. The van der Waals surface area contributed by atoms with Crippen molar-refractivity contribution in [3.63, 3.8) is 0 Å². The number of nitrogen functional groups attached to an aromatic ring is 1. The second-order valence-corrected chi connectivity index (χ2v) is 8.24. The Labute approximate surface area is 221 Å². The smallest absolute Gasteiger partial charge is 0.225 e. The zero-order valence-corrected chi connectivity index (χ0v) is 20.0. The van der Waals surface area contributed by atoms with Crippen LogP contribution in [0.15, 0.2) is 53.3 Å². The van der Waals surface area contributed by atoms with Gasteiger partial charge in [0.05, 0.1) is 36.4 Å². The van der Waals surface area contributed by atoms with Crippen LogP contribution in [0.25, 0.3) is 28.3 Å². The first-order valence-corrected chi connectivity index (χ1v) is 11.6. The van der Waals surface area contributed by atoms with Crippen LogP contribution < -0.4 is 15.4 Å². The Kier molecular flexibility index (Phi) is 4.71. The summed E-state index contributed by atoms with van der Waals surface area (Å²) < 4.78 is 68.6. The van der Waals surface area contributed by atoms with E-state index in [1.165, 1.54) is 29.0 Å². The molecule has 0 aliphatic carbocycles. The number of piperazine rings is 1. The Balaban J connectivity index is 1.19. The molecule has 0 bridgehead atoms. The molecule has 1 aliphatic rings. The maximum Gasteiger partial charge on any atom is 0.225 e. The molecule has 12 nitrogen and oxygen atoms in total. The van der Waals surface area contributed by atoms with Gasteiger partial charge in [0.2, 0.25) is 11.8 Å². The molecular formula is C25H29N9O3. The monoisotopic (exact) mass is 509 g/mol. The van der Waals surface area contributed by atoms with Crippen LogP contribution in [0.1, 0.15) is 8.22 Å². The van der Waals surface area contributed by atoms with Crippen LogP contribution in [-0.2, 0) is 11.2 Å². The Morgan fingerprint density at radius 3 is 2.65 bits per heavy atom. The van der Waals surface area contributed by atoms with Gasteiger partial charge in [0.1, 0.15) is 12.4 Å². The second-order valence-electron chi connectivity index (χ2n) is 8.24. The van der Waals surface area contributed by atoms with E-state index in [0.29, 0.717) is 35.6 Å². The average molecular weight is 510 g/mol. The van der Waals surface area contributed by atoms with E-state index >= 15 is 0 Å². The number of nitrogens with zero attached hydrogens (tertiary/aromatic N) is 8. The SMILES string of the molecule is [2H]C([2H])(COc1ccc(N2CCN(C([2H])([2H])C([2H])([2H])n3ncc4c3nc(N)n3nc(-c5ccco5)nc43)CC2)cc1)OC. The highest BCUT2D eigenvalue weighted by Gasteiger charge is 2.20. The van der Waals surface area contributed by atoms with Crippen LogP contribution in [0, 0.1) is 0 Å². The minimum Gasteiger partial charge on any atom is -0.491 e. The Morgan fingerprint density at radius 2 is 1.89 bits per heavy atom. The van der Waals surface area contributed by atoms with Gasteiger partial charge in [-0.25, -0.2) is 9.67 Å². The molecule has 1 aromatic carbocycles. The largest absolute Gasteiger partial charge is 0.491 e. The number of furan rings is 1. The van der Waals surface area contributed by atoms with Crippen molar-refractivity contribution >= 4 is 28.3 Å². The summed E-state index contributed by atoms with van der Waals surface area (Å²) in [4.78, 5) is 12.3. The zero-order valence-electron chi connectivity index (χ0n) is 26.0. The van der Waals surface area contributed by atoms with Crippen LogP contribution >= 0.6 is 0 Å². The van der Waals surface area contributed by atoms with Crippen molar-refractivity contribution in [1.29, 1.82) is 0 Å². The minimum absolute atomic E-state index is 0.0387. The first-order valence-electron chi connectivity index (χ1n) is 14.6. The highest BCUT2D eigenvalue weighted by Crippen LogP contribution is 2.24. The number of hydrogen-bond acceptors (Lipinski definition) is 10. The number of methoxy groups -OCH3 is 1. The second kappa shape index (κ2) is 10.1. The van der Waals surface area contributed by atoms with E-state index in [1.807, 2.05) is 12.1 Å². The normalized spacial score (nSPS) is 18.2. The van der Waals surface area contributed by atoms with Crippen molar-refractivity contribution in [3.05, 3.63) is 48.9 Å². The van der Waals surface area contributed by atoms with E-state index in [0.717, 1.165) is 10.4 Å². The highest BCUT2D eigenvalue weighted by molar-refractivity contribution is 5.90. The molecule has 6 rings (SSSR count). The number of hydrogen-bond donors (Lipinski definition) is 1. The average Bonchev–Trinajstić information content (AvgIpc) is 3.76. The number of ether oxygens (including phenoxy) is 2. The van der Waals surface area contributed by atoms with Crippen molar-refractivity contribution in [1.82, 2.24) is 34.3 Å². The maximum absolute atomic E-state index is 8.89. The summed E-state index contributed by atoms with van der Waals surface area (Å²) in [5.41, 5.74) is 7.36. The van der Waals surface area contributed by atoms with Gasteiger partial charge < -0.3 is 24.5 Å². The number of aromatic nitrogens is 6. The molecule has 1 saturated heterocycles. The zero-order chi connectivity index (χ0) is 30.6. The van der Waals surface area contributed by atoms with Gasteiger partial charge in [0.15, 0.2) is 17.1 Å². The third-order valence-corrected chi connectivity index (χ3v) is 6.01. The fraction of sp³-hybridized carbons (Fsp3) is 0.360. The minimum atomic E-state index is -2.63. The summed E-state index contributed by atoms with van der Waals surface area (Å²) in [6.45, 7) is -5.86. The number of rotatable bonds is 9. The summed E-state index contributed by atoms with van der Waals surface area (Å²) in [6.07, 6.45) is 2.87. The highest BCUT2D eigenvalue weighted by atomic mass is 16.5.